The van der Waals surface area contributed by atoms with Crippen molar-refractivity contribution in [3.05, 3.63) is 88.1 Å². The summed E-state index contributed by atoms with van der Waals surface area (Å²) in [6, 6.07) is 20.3. The van der Waals surface area contributed by atoms with Crippen molar-refractivity contribution in [2.24, 2.45) is 0 Å². The molecule has 0 bridgehead atoms. The van der Waals surface area contributed by atoms with E-state index in [4.69, 9.17) is 32.4 Å². The number of carbonyl (C=O) groups is 2. The molecule has 7 nitrogen and oxygen atoms in total. The van der Waals surface area contributed by atoms with Gasteiger partial charge in [0.15, 0.2) is 12.4 Å². The summed E-state index contributed by atoms with van der Waals surface area (Å²) < 4.78 is 11.6. The molecular weight excluding hydrogens is 549 g/mol. The van der Waals surface area contributed by atoms with E-state index in [-0.39, 0.29) is 18.3 Å². The van der Waals surface area contributed by atoms with Gasteiger partial charge in [0.1, 0.15) is 11.3 Å². The normalized spacial score (nSPS) is 13.5. The zero-order valence-electron chi connectivity index (χ0n) is 22.5. The lowest BCUT2D eigenvalue weighted by molar-refractivity contribution is -0.133. The molecule has 9 heteroatoms. The number of hydrogen-bond acceptors (Lipinski definition) is 6. The van der Waals surface area contributed by atoms with Gasteiger partial charge in [-0.05, 0) is 74.5 Å². The number of nitrogens with zero attached hydrogens (tertiary/aromatic N) is 3. The fourth-order valence-corrected chi connectivity index (χ4v) is 5.38. The molecule has 0 atom stereocenters. The summed E-state index contributed by atoms with van der Waals surface area (Å²) in [6.45, 7) is 8.46. The Morgan fingerprint density at radius 2 is 1.62 bits per heavy atom. The van der Waals surface area contributed by atoms with Gasteiger partial charge in [0.25, 0.3) is 5.91 Å². The summed E-state index contributed by atoms with van der Waals surface area (Å²) in [6.07, 6.45) is 0. The summed E-state index contributed by atoms with van der Waals surface area (Å²) in [7, 11) is 0. The number of benzene rings is 3. The van der Waals surface area contributed by atoms with Gasteiger partial charge in [-0.25, -0.2) is 0 Å². The minimum atomic E-state index is -0.150. The molecule has 0 aliphatic carbocycles. The first-order valence-corrected chi connectivity index (χ1v) is 14.2. The fourth-order valence-electron chi connectivity index (χ4n) is 4.92. The number of hydrogen-bond donors (Lipinski definition) is 0. The van der Waals surface area contributed by atoms with Crippen LogP contribution in [0.25, 0.3) is 11.0 Å². The van der Waals surface area contributed by atoms with Gasteiger partial charge in [0.2, 0.25) is 5.78 Å². The number of ketones is 1. The van der Waals surface area contributed by atoms with Crippen molar-refractivity contribution in [3.63, 3.8) is 0 Å². The average Bonchev–Trinajstić information content (AvgIpc) is 3.41. The van der Waals surface area contributed by atoms with Gasteiger partial charge in [-0.3, -0.25) is 9.59 Å². The smallest absolute Gasteiger partial charge is 0.260 e. The lowest BCUT2D eigenvalue weighted by atomic mass is 10.1. The predicted octanol–water partition coefficient (Wildman–Crippen LogP) is 6.54. The topological polar surface area (TPSA) is 66.2 Å². The molecular formula is C31H31Cl2N3O4. The second kappa shape index (κ2) is 12.2. The van der Waals surface area contributed by atoms with Gasteiger partial charge in [-0.2, -0.15) is 0 Å². The fraction of sp³-hybridized carbons (Fsp3) is 0.290. The maximum absolute atomic E-state index is 13.2. The second-order valence-corrected chi connectivity index (χ2v) is 10.5. The van der Waals surface area contributed by atoms with E-state index in [2.05, 4.69) is 29.7 Å². The maximum Gasteiger partial charge on any atom is 0.260 e. The molecule has 1 aliphatic heterocycles. The molecule has 5 rings (SSSR count). The van der Waals surface area contributed by atoms with Crippen LogP contribution in [0.3, 0.4) is 0 Å². The molecule has 0 radical (unpaired) electrons. The maximum atomic E-state index is 13.2. The summed E-state index contributed by atoms with van der Waals surface area (Å²) in [5, 5.41) is 1.79. The zero-order valence-corrected chi connectivity index (χ0v) is 24.0. The Kier molecular flexibility index (Phi) is 8.52. The molecule has 208 valence electrons. The van der Waals surface area contributed by atoms with Crippen molar-refractivity contribution in [2.45, 2.75) is 13.8 Å². The lowest BCUT2D eigenvalue weighted by Crippen LogP contribution is -2.50. The van der Waals surface area contributed by atoms with Gasteiger partial charge in [-0.15, -0.1) is 0 Å². The SMILES string of the molecule is CCN(CC)c1ccc2cc(C(=O)c3ccc(N4CCN(C(=O)COc5ccc(Cl)cc5Cl)CC4)cc3)oc2c1. The highest BCUT2D eigenvalue weighted by atomic mass is 35.5. The third kappa shape index (κ3) is 6.06. The Morgan fingerprint density at radius 1 is 0.900 bits per heavy atom. The number of carbonyl (C=O) groups excluding carboxylic acids is 2. The van der Waals surface area contributed by atoms with Crippen LogP contribution in [0.1, 0.15) is 30.0 Å². The molecule has 1 aromatic heterocycles. The average molecular weight is 581 g/mol. The highest BCUT2D eigenvalue weighted by Crippen LogP contribution is 2.29. The van der Waals surface area contributed by atoms with Gasteiger partial charge in [0.05, 0.1) is 5.02 Å². The quantitative estimate of drug-likeness (QED) is 0.210. The molecule has 0 unspecified atom stereocenters. The van der Waals surface area contributed by atoms with Crippen LogP contribution in [0.2, 0.25) is 10.0 Å². The van der Waals surface area contributed by atoms with Gasteiger partial charge >= 0.3 is 0 Å². The first kappa shape index (κ1) is 27.9. The molecule has 3 aromatic carbocycles. The molecule has 1 amide bonds. The zero-order chi connectivity index (χ0) is 28.2. The van der Waals surface area contributed by atoms with E-state index in [1.807, 2.05) is 36.4 Å². The van der Waals surface area contributed by atoms with Crippen LogP contribution in [0.5, 0.6) is 5.75 Å². The number of anilines is 2. The van der Waals surface area contributed by atoms with Gasteiger partial charge in [-0.1, -0.05) is 23.2 Å². The minimum Gasteiger partial charge on any atom is -0.482 e. The largest absolute Gasteiger partial charge is 0.482 e. The summed E-state index contributed by atoms with van der Waals surface area (Å²) in [5.41, 5.74) is 3.36. The molecule has 1 saturated heterocycles. The Morgan fingerprint density at radius 3 is 2.30 bits per heavy atom. The molecule has 0 spiro atoms. The molecule has 40 heavy (non-hydrogen) atoms. The molecule has 1 fully saturated rings. The van der Waals surface area contributed by atoms with E-state index >= 15 is 0 Å². The lowest BCUT2D eigenvalue weighted by Gasteiger charge is -2.36. The summed E-state index contributed by atoms with van der Waals surface area (Å²) in [4.78, 5) is 32.0. The van der Waals surface area contributed by atoms with Crippen LogP contribution in [0.15, 0.2) is 71.1 Å². The van der Waals surface area contributed by atoms with Crippen LogP contribution >= 0.6 is 23.2 Å². The summed E-state index contributed by atoms with van der Waals surface area (Å²) in [5.74, 6) is 0.512. The number of ether oxygens (including phenoxy) is 1. The van der Waals surface area contributed by atoms with E-state index in [0.29, 0.717) is 58.9 Å². The van der Waals surface area contributed by atoms with Crippen LogP contribution in [-0.4, -0.2) is 62.5 Å². The van der Waals surface area contributed by atoms with E-state index in [9.17, 15) is 9.59 Å². The van der Waals surface area contributed by atoms with E-state index in [0.717, 1.165) is 29.9 Å². The molecule has 0 saturated carbocycles. The third-order valence-corrected chi connectivity index (χ3v) is 7.76. The van der Waals surface area contributed by atoms with Gasteiger partial charge in [0, 0.05) is 72.7 Å². The van der Waals surface area contributed by atoms with E-state index in [1.54, 1.807) is 29.2 Å². The van der Waals surface area contributed by atoms with Crippen molar-refractivity contribution in [1.82, 2.24) is 4.90 Å². The molecule has 1 aliphatic rings. The highest BCUT2D eigenvalue weighted by Gasteiger charge is 2.23. The third-order valence-electron chi connectivity index (χ3n) is 7.23. The molecule has 0 N–H and O–H groups in total. The van der Waals surface area contributed by atoms with Crippen molar-refractivity contribution in [1.29, 1.82) is 0 Å². The Hall–Kier alpha value is -3.68. The van der Waals surface area contributed by atoms with E-state index in [1.165, 1.54) is 0 Å². The minimum absolute atomic E-state index is 0.0866. The Labute approximate surface area is 243 Å². The highest BCUT2D eigenvalue weighted by molar-refractivity contribution is 6.35. The van der Waals surface area contributed by atoms with Crippen LogP contribution < -0.4 is 14.5 Å². The standard InChI is InChI=1S/C31H31Cl2N3O4/c1-3-34(4-2)25-11-7-22-17-29(40-28(22)19-25)31(38)21-5-9-24(10-6-21)35-13-15-36(16-14-35)30(37)20-39-27-12-8-23(32)18-26(27)33/h5-12,17-19H,3-4,13-16,20H2,1-2H3. The number of furan rings is 1. The number of rotatable bonds is 9. The first-order valence-electron chi connectivity index (χ1n) is 13.4. The number of amides is 1. The van der Waals surface area contributed by atoms with Gasteiger partial charge < -0.3 is 23.9 Å². The Balaban J connectivity index is 1.17. The molecule has 2 heterocycles. The van der Waals surface area contributed by atoms with Crippen molar-refractivity contribution in [3.8, 4) is 5.75 Å². The van der Waals surface area contributed by atoms with Crippen LogP contribution in [0, 0.1) is 0 Å². The Bertz CT molecular complexity index is 1510. The number of piperazine rings is 1. The van der Waals surface area contributed by atoms with Crippen molar-refractivity contribution >= 4 is 57.2 Å². The van der Waals surface area contributed by atoms with Crippen LogP contribution in [-0.2, 0) is 4.79 Å². The second-order valence-electron chi connectivity index (χ2n) is 9.61. The monoisotopic (exact) mass is 579 g/mol. The predicted molar refractivity (Wildman–Crippen MR) is 160 cm³/mol. The first-order chi connectivity index (χ1) is 19.4. The van der Waals surface area contributed by atoms with Crippen LogP contribution in [0.4, 0.5) is 11.4 Å². The summed E-state index contributed by atoms with van der Waals surface area (Å²) >= 11 is 12.0. The number of halogens is 2. The van der Waals surface area contributed by atoms with Crippen molar-refractivity contribution < 1.29 is 18.7 Å². The van der Waals surface area contributed by atoms with Crippen molar-refractivity contribution in [2.75, 3.05) is 55.7 Å². The van der Waals surface area contributed by atoms with E-state index < -0.39 is 0 Å². The molecule has 4 aromatic rings. The number of fused-ring (bicyclic) bond motifs is 1.